The van der Waals surface area contributed by atoms with Crippen LogP contribution in [0.5, 0.6) is 0 Å². The number of hydrogen-bond acceptors (Lipinski definition) is 4. The Hall–Kier alpha value is -1.70. The molecule has 1 unspecified atom stereocenters. The highest BCUT2D eigenvalue weighted by Gasteiger charge is 2.36. The summed E-state index contributed by atoms with van der Waals surface area (Å²) in [4.78, 5) is 15.0. The summed E-state index contributed by atoms with van der Waals surface area (Å²) in [5.74, 6) is 0.105. The topological polar surface area (TPSA) is 57.7 Å². The van der Waals surface area contributed by atoms with Crippen LogP contribution in [-0.4, -0.2) is 31.7 Å². The van der Waals surface area contributed by atoms with Gasteiger partial charge in [0.2, 0.25) is 15.9 Å². The maximum atomic E-state index is 13.1. The molecule has 0 N–H and O–H groups in total. The van der Waals surface area contributed by atoms with E-state index in [2.05, 4.69) is 0 Å². The molecule has 0 spiro atoms. The number of thiophene rings is 1. The number of anilines is 1. The molecule has 0 aliphatic carbocycles. The van der Waals surface area contributed by atoms with Crippen LogP contribution in [0.1, 0.15) is 36.6 Å². The van der Waals surface area contributed by atoms with Crippen molar-refractivity contribution in [2.75, 3.05) is 18.0 Å². The lowest BCUT2D eigenvalue weighted by molar-refractivity contribution is -0.117. The molecule has 2 fully saturated rings. The molecule has 3 heterocycles. The normalized spacial score (nSPS) is 22.0. The Labute approximate surface area is 151 Å². The SMILES string of the molecule is O=C1CCCN1c1ccc(S(=O)(=O)N2CCCC2c2cccs2)cc1. The van der Waals surface area contributed by atoms with Gasteiger partial charge in [-0.3, -0.25) is 4.79 Å². The minimum atomic E-state index is -3.53. The van der Waals surface area contributed by atoms with E-state index in [0.29, 0.717) is 24.4 Å². The molecular weight excluding hydrogens is 356 g/mol. The molecule has 25 heavy (non-hydrogen) atoms. The van der Waals surface area contributed by atoms with E-state index in [4.69, 9.17) is 0 Å². The maximum absolute atomic E-state index is 13.1. The van der Waals surface area contributed by atoms with Gasteiger partial charge in [0, 0.05) is 30.1 Å². The van der Waals surface area contributed by atoms with Gasteiger partial charge in [-0.15, -0.1) is 11.3 Å². The second-order valence-corrected chi connectivity index (χ2v) is 9.30. The van der Waals surface area contributed by atoms with E-state index >= 15 is 0 Å². The molecule has 1 aromatic heterocycles. The molecule has 7 heteroatoms. The van der Waals surface area contributed by atoms with Crippen molar-refractivity contribution in [1.29, 1.82) is 0 Å². The number of carbonyl (C=O) groups excluding carboxylic acids is 1. The van der Waals surface area contributed by atoms with Gasteiger partial charge in [0.1, 0.15) is 0 Å². The smallest absolute Gasteiger partial charge is 0.243 e. The lowest BCUT2D eigenvalue weighted by atomic mass is 10.2. The van der Waals surface area contributed by atoms with Crippen LogP contribution < -0.4 is 4.90 Å². The zero-order valence-corrected chi connectivity index (χ0v) is 15.4. The van der Waals surface area contributed by atoms with Crippen LogP contribution in [0.2, 0.25) is 0 Å². The van der Waals surface area contributed by atoms with Crippen LogP contribution in [0.25, 0.3) is 0 Å². The molecule has 1 atom stereocenters. The molecule has 2 aromatic rings. The van der Waals surface area contributed by atoms with Crippen molar-refractivity contribution in [3.05, 3.63) is 46.7 Å². The molecule has 0 saturated carbocycles. The molecular formula is C18H20N2O3S2. The Kier molecular flexibility index (Phi) is 4.39. The Morgan fingerprint density at radius 2 is 1.84 bits per heavy atom. The summed E-state index contributed by atoms with van der Waals surface area (Å²) < 4.78 is 27.8. The fourth-order valence-corrected chi connectivity index (χ4v) is 6.26. The largest absolute Gasteiger partial charge is 0.312 e. The lowest BCUT2D eigenvalue weighted by Gasteiger charge is -2.24. The van der Waals surface area contributed by atoms with Crippen molar-refractivity contribution in [3.8, 4) is 0 Å². The summed E-state index contributed by atoms with van der Waals surface area (Å²) >= 11 is 1.60. The molecule has 5 nitrogen and oxygen atoms in total. The summed E-state index contributed by atoms with van der Waals surface area (Å²) in [6, 6.07) is 10.6. The Morgan fingerprint density at radius 3 is 2.48 bits per heavy atom. The molecule has 1 aromatic carbocycles. The summed E-state index contributed by atoms with van der Waals surface area (Å²) in [6.07, 6.45) is 3.16. The van der Waals surface area contributed by atoms with Gasteiger partial charge < -0.3 is 4.90 Å². The highest BCUT2D eigenvalue weighted by Crippen LogP contribution is 2.38. The highest BCUT2D eigenvalue weighted by molar-refractivity contribution is 7.89. The van der Waals surface area contributed by atoms with Crippen LogP contribution in [0.4, 0.5) is 5.69 Å². The molecule has 2 aliphatic heterocycles. The molecule has 0 radical (unpaired) electrons. The van der Waals surface area contributed by atoms with Gasteiger partial charge in [0.25, 0.3) is 0 Å². The van der Waals surface area contributed by atoms with Crippen molar-refractivity contribution in [1.82, 2.24) is 4.31 Å². The third kappa shape index (κ3) is 3.01. The van der Waals surface area contributed by atoms with Crippen molar-refractivity contribution >= 4 is 33.0 Å². The van der Waals surface area contributed by atoms with E-state index in [1.165, 1.54) is 0 Å². The quantitative estimate of drug-likeness (QED) is 0.822. The van der Waals surface area contributed by atoms with E-state index in [0.717, 1.165) is 29.8 Å². The number of rotatable bonds is 4. The van der Waals surface area contributed by atoms with E-state index in [-0.39, 0.29) is 11.9 Å². The molecule has 1 amide bonds. The fraction of sp³-hybridized carbons (Fsp3) is 0.389. The molecule has 2 aliphatic rings. The predicted molar refractivity (Wildman–Crippen MR) is 98.2 cm³/mol. The second-order valence-electron chi connectivity index (χ2n) is 6.43. The van der Waals surface area contributed by atoms with Gasteiger partial charge in [-0.25, -0.2) is 8.42 Å². The number of carbonyl (C=O) groups is 1. The molecule has 0 bridgehead atoms. The van der Waals surface area contributed by atoms with Crippen LogP contribution in [0.3, 0.4) is 0 Å². The van der Waals surface area contributed by atoms with Crippen molar-refractivity contribution in [2.45, 2.75) is 36.6 Å². The highest BCUT2D eigenvalue weighted by atomic mass is 32.2. The number of nitrogens with zero attached hydrogens (tertiary/aromatic N) is 2. The number of hydrogen-bond donors (Lipinski definition) is 0. The number of sulfonamides is 1. The minimum Gasteiger partial charge on any atom is -0.312 e. The van der Waals surface area contributed by atoms with Crippen molar-refractivity contribution in [3.63, 3.8) is 0 Å². The van der Waals surface area contributed by atoms with Gasteiger partial charge >= 0.3 is 0 Å². The van der Waals surface area contributed by atoms with Crippen LogP contribution >= 0.6 is 11.3 Å². The third-order valence-electron chi connectivity index (χ3n) is 4.90. The zero-order valence-electron chi connectivity index (χ0n) is 13.8. The molecule has 132 valence electrons. The molecule has 4 rings (SSSR count). The summed E-state index contributed by atoms with van der Waals surface area (Å²) in [5.41, 5.74) is 0.776. The van der Waals surface area contributed by atoms with Crippen molar-refractivity contribution in [2.24, 2.45) is 0 Å². The minimum absolute atomic E-state index is 0.0650. The average molecular weight is 377 g/mol. The van der Waals surface area contributed by atoms with Gasteiger partial charge in [-0.05, 0) is 55.0 Å². The monoisotopic (exact) mass is 376 g/mol. The third-order valence-corrected chi connectivity index (χ3v) is 7.80. The van der Waals surface area contributed by atoms with Gasteiger partial charge in [0.15, 0.2) is 0 Å². The summed E-state index contributed by atoms with van der Waals surface area (Å²) in [5, 5.41) is 1.99. The molecule has 2 saturated heterocycles. The van der Waals surface area contributed by atoms with Gasteiger partial charge in [-0.1, -0.05) is 6.07 Å². The van der Waals surface area contributed by atoms with E-state index in [1.54, 1.807) is 44.8 Å². The maximum Gasteiger partial charge on any atom is 0.243 e. The van der Waals surface area contributed by atoms with E-state index in [1.807, 2.05) is 17.5 Å². The van der Waals surface area contributed by atoms with Crippen LogP contribution in [0, 0.1) is 0 Å². The summed E-state index contributed by atoms with van der Waals surface area (Å²) in [6.45, 7) is 1.26. The first-order valence-corrected chi connectivity index (χ1v) is 10.8. The lowest BCUT2D eigenvalue weighted by Crippen LogP contribution is -2.30. The first-order chi connectivity index (χ1) is 12.1. The Balaban J connectivity index is 1.60. The van der Waals surface area contributed by atoms with E-state index in [9.17, 15) is 13.2 Å². The summed E-state index contributed by atoms with van der Waals surface area (Å²) in [7, 11) is -3.53. The Morgan fingerprint density at radius 1 is 1.04 bits per heavy atom. The van der Waals surface area contributed by atoms with Crippen LogP contribution in [0.15, 0.2) is 46.7 Å². The number of amides is 1. The number of benzene rings is 1. The van der Waals surface area contributed by atoms with Gasteiger partial charge in [0.05, 0.1) is 10.9 Å². The second kappa shape index (κ2) is 6.55. The fourth-order valence-electron chi connectivity index (χ4n) is 3.65. The van der Waals surface area contributed by atoms with Gasteiger partial charge in [-0.2, -0.15) is 4.31 Å². The zero-order chi connectivity index (χ0) is 17.4. The first-order valence-electron chi connectivity index (χ1n) is 8.53. The predicted octanol–water partition coefficient (Wildman–Crippen LogP) is 3.40. The van der Waals surface area contributed by atoms with Crippen molar-refractivity contribution < 1.29 is 13.2 Å². The standard InChI is InChI=1S/C18H20N2O3S2/c21-18-6-2-11-19(18)14-7-9-15(10-8-14)25(22,23)20-12-1-4-16(20)17-5-3-13-24-17/h3,5,7-10,13,16H,1-2,4,6,11-12H2. The van der Waals surface area contributed by atoms with E-state index < -0.39 is 10.0 Å². The van der Waals surface area contributed by atoms with Crippen LogP contribution in [-0.2, 0) is 14.8 Å². The Bertz CT molecular complexity index is 860. The first kappa shape index (κ1) is 16.8. The average Bonchev–Trinajstić information content (AvgIpc) is 3.35.